The Morgan fingerprint density at radius 1 is 1.13 bits per heavy atom. The van der Waals surface area contributed by atoms with E-state index < -0.39 is 0 Å². The highest BCUT2D eigenvalue weighted by atomic mass is 16.7. The van der Waals surface area contributed by atoms with E-state index in [0.717, 1.165) is 5.69 Å². The third-order valence-corrected chi connectivity index (χ3v) is 3.57. The van der Waals surface area contributed by atoms with Crippen molar-refractivity contribution in [3.8, 4) is 22.9 Å². The minimum atomic E-state index is -0.328. The summed E-state index contributed by atoms with van der Waals surface area (Å²) in [4.78, 5) is 12.0. The molecule has 0 amide bonds. The zero-order valence-corrected chi connectivity index (χ0v) is 12.2. The predicted molar refractivity (Wildman–Crippen MR) is 82.6 cm³/mol. The zero-order chi connectivity index (χ0) is 15.8. The van der Waals surface area contributed by atoms with Gasteiger partial charge in [-0.25, -0.2) is 0 Å². The van der Waals surface area contributed by atoms with Crippen LogP contribution in [0, 0.1) is 0 Å². The number of rotatable bonds is 3. The number of H-pyrrole nitrogens is 2. The molecule has 0 aliphatic carbocycles. The van der Waals surface area contributed by atoms with Crippen LogP contribution in [-0.2, 0) is 7.05 Å². The summed E-state index contributed by atoms with van der Waals surface area (Å²) < 4.78 is 12.4. The standard InChI is InChI=1S/C15H13N5O3/c1-20-6-2-3-10(20)13-14(15(21)19-17-13)18-16-9-4-5-11-12(7-9)23-8-22-11/h2-7H,8H2,1H3,(H2,17,19,21). The molecule has 3 heterocycles. The van der Waals surface area contributed by atoms with Gasteiger partial charge in [-0.3, -0.25) is 15.0 Å². The van der Waals surface area contributed by atoms with Gasteiger partial charge in [-0.2, -0.15) is 5.11 Å². The largest absolute Gasteiger partial charge is 0.454 e. The van der Waals surface area contributed by atoms with Crippen molar-refractivity contribution in [1.82, 2.24) is 14.8 Å². The van der Waals surface area contributed by atoms with E-state index in [0.29, 0.717) is 22.9 Å². The van der Waals surface area contributed by atoms with Gasteiger partial charge >= 0.3 is 0 Å². The molecule has 1 aliphatic heterocycles. The number of fused-ring (bicyclic) bond motifs is 1. The molecule has 0 atom stereocenters. The summed E-state index contributed by atoms with van der Waals surface area (Å²) in [6.45, 7) is 0.199. The topological polar surface area (TPSA) is 96.8 Å². The lowest BCUT2D eigenvalue weighted by Gasteiger charge is -2.00. The van der Waals surface area contributed by atoms with Crippen molar-refractivity contribution in [2.24, 2.45) is 17.3 Å². The average molecular weight is 311 g/mol. The van der Waals surface area contributed by atoms with Crippen molar-refractivity contribution >= 4 is 11.4 Å². The number of hydrogen-bond donors (Lipinski definition) is 2. The summed E-state index contributed by atoms with van der Waals surface area (Å²) in [5, 5.41) is 13.6. The van der Waals surface area contributed by atoms with Gasteiger partial charge in [0, 0.05) is 19.3 Å². The second-order valence-electron chi connectivity index (χ2n) is 5.04. The van der Waals surface area contributed by atoms with Crippen LogP contribution < -0.4 is 15.0 Å². The van der Waals surface area contributed by atoms with Gasteiger partial charge in [-0.15, -0.1) is 5.11 Å². The Labute approximate surface area is 130 Å². The lowest BCUT2D eigenvalue weighted by Crippen LogP contribution is -1.96. The van der Waals surface area contributed by atoms with Crippen molar-refractivity contribution in [2.45, 2.75) is 0 Å². The van der Waals surface area contributed by atoms with Crippen LogP contribution in [0.15, 0.2) is 51.6 Å². The van der Waals surface area contributed by atoms with Gasteiger partial charge in [-0.1, -0.05) is 0 Å². The van der Waals surface area contributed by atoms with E-state index in [1.54, 1.807) is 18.2 Å². The highest BCUT2D eigenvalue weighted by Gasteiger charge is 2.15. The number of azo groups is 1. The van der Waals surface area contributed by atoms with Crippen LogP contribution >= 0.6 is 0 Å². The zero-order valence-electron chi connectivity index (χ0n) is 12.2. The van der Waals surface area contributed by atoms with Gasteiger partial charge in [0.25, 0.3) is 5.56 Å². The van der Waals surface area contributed by atoms with E-state index in [4.69, 9.17) is 9.47 Å². The molecule has 0 fully saturated rings. The molecule has 0 spiro atoms. The van der Waals surface area contributed by atoms with E-state index in [9.17, 15) is 4.79 Å². The lowest BCUT2D eigenvalue weighted by molar-refractivity contribution is 0.174. The number of benzene rings is 1. The summed E-state index contributed by atoms with van der Waals surface area (Å²) in [6.07, 6.45) is 1.89. The van der Waals surface area contributed by atoms with Gasteiger partial charge in [0.1, 0.15) is 5.69 Å². The second-order valence-corrected chi connectivity index (χ2v) is 5.04. The first-order chi connectivity index (χ1) is 11.2. The predicted octanol–water partition coefficient (Wildman–Crippen LogP) is 2.85. The van der Waals surface area contributed by atoms with E-state index >= 15 is 0 Å². The van der Waals surface area contributed by atoms with Gasteiger partial charge < -0.3 is 14.0 Å². The van der Waals surface area contributed by atoms with Gasteiger partial charge in [-0.05, 0) is 24.3 Å². The summed E-state index contributed by atoms with van der Waals surface area (Å²) in [5.41, 5.74) is 1.90. The second kappa shape index (κ2) is 5.16. The Morgan fingerprint density at radius 2 is 2.00 bits per heavy atom. The highest BCUT2D eigenvalue weighted by Crippen LogP contribution is 2.36. The first-order valence-electron chi connectivity index (χ1n) is 6.96. The monoisotopic (exact) mass is 311 g/mol. The fraction of sp³-hybridized carbons (Fsp3) is 0.133. The van der Waals surface area contributed by atoms with E-state index in [1.165, 1.54) is 0 Å². The molecule has 116 valence electrons. The number of hydrogen-bond acceptors (Lipinski definition) is 5. The molecule has 0 radical (unpaired) electrons. The highest BCUT2D eigenvalue weighted by molar-refractivity contribution is 5.68. The average Bonchev–Trinajstić information content (AvgIpc) is 3.25. The lowest BCUT2D eigenvalue weighted by atomic mass is 10.3. The molecule has 4 rings (SSSR count). The Balaban J connectivity index is 1.71. The van der Waals surface area contributed by atoms with Crippen molar-refractivity contribution < 1.29 is 9.47 Å². The Morgan fingerprint density at radius 3 is 2.83 bits per heavy atom. The molecule has 8 nitrogen and oxygen atoms in total. The van der Waals surface area contributed by atoms with Crippen molar-refractivity contribution in [3.05, 3.63) is 46.9 Å². The van der Waals surface area contributed by atoms with Crippen LogP contribution in [0.2, 0.25) is 0 Å². The van der Waals surface area contributed by atoms with Crippen LogP contribution in [0.3, 0.4) is 0 Å². The van der Waals surface area contributed by atoms with Gasteiger partial charge in [0.05, 0.1) is 11.4 Å². The SMILES string of the molecule is Cn1cccc1-c1[nH][nH]c(=O)c1N=Nc1ccc2c(c1)OCO2. The van der Waals surface area contributed by atoms with Crippen molar-refractivity contribution in [1.29, 1.82) is 0 Å². The molecule has 8 heteroatoms. The van der Waals surface area contributed by atoms with Crippen LogP contribution in [0.5, 0.6) is 11.5 Å². The van der Waals surface area contributed by atoms with Gasteiger partial charge in [0.15, 0.2) is 17.2 Å². The molecule has 2 aromatic heterocycles. The summed E-state index contributed by atoms with van der Waals surface area (Å²) in [7, 11) is 1.89. The number of ether oxygens (including phenoxy) is 2. The maximum Gasteiger partial charge on any atom is 0.292 e. The Kier molecular flexibility index (Phi) is 3.00. The Hall–Kier alpha value is -3.29. The number of aryl methyl sites for hydroxylation is 1. The quantitative estimate of drug-likeness (QED) is 0.728. The third kappa shape index (κ3) is 2.30. The molecule has 0 saturated carbocycles. The van der Waals surface area contributed by atoms with E-state index in [-0.39, 0.29) is 18.0 Å². The first kappa shape index (κ1) is 13.4. The molecular weight excluding hydrogens is 298 g/mol. The molecule has 3 aromatic rings. The number of aromatic nitrogens is 3. The summed E-state index contributed by atoms with van der Waals surface area (Å²) in [5.74, 6) is 1.29. The third-order valence-electron chi connectivity index (χ3n) is 3.57. The molecule has 1 aromatic carbocycles. The fourth-order valence-electron chi connectivity index (χ4n) is 2.41. The maximum atomic E-state index is 12.0. The number of nitrogens with one attached hydrogen (secondary N) is 2. The molecule has 0 saturated heterocycles. The smallest absolute Gasteiger partial charge is 0.292 e. The summed E-state index contributed by atoms with van der Waals surface area (Å²) in [6, 6.07) is 9.00. The minimum Gasteiger partial charge on any atom is -0.454 e. The Bertz CT molecular complexity index is 950. The molecule has 23 heavy (non-hydrogen) atoms. The van der Waals surface area contributed by atoms with Crippen LogP contribution in [0.25, 0.3) is 11.4 Å². The molecular formula is C15H13N5O3. The van der Waals surface area contributed by atoms with Crippen LogP contribution in [0.4, 0.5) is 11.4 Å². The van der Waals surface area contributed by atoms with Crippen molar-refractivity contribution in [2.75, 3.05) is 6.79 Å². The molecule has 1 aliphatic rings. The molecule has 2 N–H and O–H groups in total. The van der Waals surface area contributed by atoms with Crippen molar-refractivity contribution in [3.63, 3.8) is 0 Å². The number of aromatic amines is 2. The van der Waals surface area contributed by atoms with E-state index in [2.05, 4.69) is 20.4 Å². The van der Waals surface area contributed by atoms with Crippen LogP contribution in [-0.4, -0.2) is 21.6 Å². The normalized spacial score (nSPS) is 13.1. The maximum absolute atomic E-state index is 12.0. The number of nitrogens with zero attached hydrogens (tertiary/aromatic N) is 3. The van der Waals surface area contributed by atoms with Gasteiger partial charge in [0.2, 0.25) is 6.79 Å². The molecule has 0 unspecified atom stereocenters. The minimum absolute atomic E-state index is 0.199. The van der Waals surface area contributed by atoms with E-state index in [1.807, 2.05) is 29.9 Å². The fourth-order valence-corrected chi connectivity index (χ4v) is 2.41. The summed E-state index contributed by atoms with van der Waals surface area (Å²) >= 11 is 0. The first-order valence-corrected chi connectivity index (χ1v) is 6.96. The molecule has 0 bridgehead atoms. The van der Waals surface area contributed by atoms with Crippen LogP contribution in [0.1, 0.15) is 0 Å².